The standard InChI is InChI=1S/C30H19N3O4/c34-28(21-16-14-19(15-17-21)24-18-22-10-4-7-13-26(22)36-30(24)35)31-25-12-6-5-11-23(25)29-32-27(33-37-29)20-8-2-1-3-9-20/h1-18H,(H,31,34). The Kier molecular flexibility index (Phi) is 5.63. The summed E-state index contributed by atoms with van der Waals surface area (Å²) in [5.41, 5.74) is 3.60. The third-order valence-corrected chi connectivity index (χ3v) is 5.96. The lowest BCUT2D eigenvalue weighted by Gasteiger charge is -2.09. The van der Waals surface area contributed by atoms with Crippen molar-refractivity contribution in [2.75, 3.05) is 5.32 Å². The van der Waals surface area contributed by atoms with E-state index in [9.17, 15) is 9.59 Å². The van der Waals surface area contributed by atoms with Gasteiger partial charge in [-0.05, 0) is 42.0 Å². The lowest BCUT2D eigenvalue weighted by molar-refractivity contribution is 0.102. The fourth-order valence-electron chi connectivity index (χ4n) is 4.07. The fraction of sp³-hybridized carbons (Fsp3) is 0. The number of nitrogens with zero attached hydrogens (tertiary/aromatic N) is 2. The Morgan fingerprint density at radius 2 is 1.46 bits per heavy atom. The van der Waals surface area contributed by atoms with Gasteiger partial charge >= 0.3 is 5.63 Å². The minimum atomic E-state index is -0.431. The van der Waals surface area contributed by atoms with Gasteiger partial charge in [0.15, 0.2) is 0 Å². The van der Waals surface area contributed by atoms with Crippen molar-refractivity contribution in [2.45, 2.75) is 0 Å². The second-order valence-corrected chi connectivity index (χ2v) is 8.35. The highest BCUT2D eigenvalue weighted by atomic mass is 16.5. The molecule has 0 aliphatic rings. The van der Waals surface area contributed by atoms with E-state index in [0.29, 0.717) is 45.2 Å². The van der Waals surface area contributed by atoms with Crippen LogP contribution in [0.5, 0.6) is 0 Å². The monoisotopic (exact) mass is 485 g/mol. The van der Waals surface area contributed by atoms with Crippen LogP contribution < -0.4 is 10.9 Å². The zero-order valence-electron chi connectivity index (χ0n) is 19.4. The number of para-hydroxylation sites is 2. The lowest BCUT2D eigenvalue weighted by atomic mass is 10.0. The van der Waals surface area contributed by atoms with Crippen molar-refractivity contribution in [3.63, 3.8) is 0 Å². The van der Waals surface area contributed by atoms with Crippen molar-refractivity contribution in [1.82, 2.24) is 10.1 Å². The number of anilines is 1. The smallest absolute Gasteiger partial charge is 0.344 e. The van der Waals surface area contributed by atoms with Gasteiger partial charge in [-0.2, -0.15) is 4.98 Å². The van der Waals surface area contributed by atoms with Crippen molar-refractivity contribution in [2.24, 2.45) is 0 Å². The van der Waals surface area contributed by atoms with E-state index in [-0.39, 0.29) is 5.91 Å². The van der Waals surface area contributed by atoms with Gasteiger partial charge in [0, 0.05) is 16.5 Å². The molecule has 4 aromatic carbocycles. The first-order valence-electron chi connectivity index (χ1n) is 11.6. The molecule has 0 aliphatic carbocycles. The van der Waals surface area contributed by atoms with Gasteiger partial charge in [-0.25, -0.2) is 4.79 Å². The molecule has 0 saturated carbocycles. The molecule has 37 heavy (non-hydrogen) atoms. The quantitative estimate of drug-likeness (QED) is 0.283. The summed E-state index contributed by atoms with van der Waals surface area (Å²) in [5.74, 6) is 0.450. The number of benzene rings is 4. The van der Waals surface area contributed by atoms with E-state index in [4.69, 9.17) is 8.94 Å². The van der Waals surface area contributed by atoms with Crippen LogP contribution in [0.2, 0.25) is 0 Å². The summed E-state index contributed by atoms with van der Waals surface area (Å²) in [6.45, 7) is 0. The van der Waals surface area contributed by atoms with Crippen LogP contribution in [-0.2, 0) is 0 Å². The third kappa shape index (κ3) is 4.41. The SMILES string of the molecule is O=C(Nc1ccccc1-c1nc(-c2ccccc2)no1)c1ccc(-c2cc3ccccc3oc2=O)cc1. The number of carbonyl (C=O) groups is 1. The molecule has 0 bridgehead atoms. The fourth-order valence-corrected chi connectivity index (χ4v) is 4.07. The highest BCUT2D eigenvalue weighted by Gasteiger charge is 2.16. The molecule has 6 rings (SSSR count). The Bertz CT molecular complexity index is 1790. The van der Waals surface area contributed by atoms with Crippen LogP contribution in [0.15, 0.2) is 123 Å². The van der Waals surface area contributed by atoms with Crippen LogP contribution in [-0.4, -0.2) is 16.0 Å². The summed E-state index contributed by atoms with van der Waals surface area (Å²) in [7, 11) is 0. The molecule has 0 saturated heterocycles. The van der Waals surface area contributed by atoms with Crippen LogP contribution in [0, 0.1) is 0 Å². The molecule has 0 fully saturated rings. The maximum absolute atomic E-state index is 13.1. The van der Waals surface area contributed by atoms with Gasteiger partial charge in [-0.15, -0.1) is 0 Å². The predicted octanol–water partition coefficient (Wildman–Crippen LogP) is 6.43. The zero-order chi connectivity index (χ0) is 25.2. The van der Waals surface area contributed by atoms with Crippen molar-refractivity contribution in [1.29, 1.82) is 0 Å². The summed E-state index contributed by atoms with van der Waals surface area (Å²) in [5, 5.41) is 7.82. The maximum Gasteiger partial charge on any atom is 0.344 e. The van der Waals surface area contributed by atoms with Crippen LogP contribution in [0.3, 0.4) is 0 Å². The Balaban J connectivity index is 1.25. The highest BCUT2D eigenvalue weighted by Crippen LogP contribution is 2.29. The van der Waals surface area contributed by atoms with Gasteiger partial charge in [0.25, 0.3) is 11.8 Å². The van der Waals surface area contributed by atoms with Gasteiger partial charge in [-0.3, -0.25) is 4.79 Å². The molecule has 7 nitrogen and oxygen atoms in total. The van der Waals surface area contributed by atoms with Crippen LogP contribution in [0.25, 0.3) is 44.9 Å². The maximum atomic E-state index is 13.1. The normalized spacial score (nSPS) is 10.9. The first-order chi connectivity index (χ1) is 18.2. The van der Waals surface area contributed by atoms with Gasteiger partial charge in [0.05, 0.1) is 16.8 Å². The van der Waals surface area contributed by atoms with E-state index in [1.165, 1.54) is 0 Å². The summed E-state index contributed by atoms with van der Waals surface area (Å²) in [6, 6.07) is 32.7. The minimum absolute atomic E-state index is 0.299. The van der Waals surface area contributed by atoms with E-state index in [1.54, 1.807) is 48.5 Å². The molecule has 1 N–H and O–H groups in total. The number of carbonyl (C=O) groups excluding carboxylic acids is 1. The summed E-state index contributed by atoms with van der Waals surface area (Å²) >= 11 is 0. The second-order valence-electron chi connectivity index (χ2n) is 8.35. The van der Waals surface area contributed by atoms with Gasteiger partial charge in [-0.1, -0.05) is 78.0 Å². The van der Waals surface area contributed by atoms with E-state index in [1.807, 2.05) is 60.7 Å². The van der Waals surface area contributed by atoms with Crippen molar-refractivity contribution in [3.05, 3.63) is 125 Å². The molecule has 0 unspecified atom stereocenters. The highest BCUT2D eigenvalue weighted by molar-refractivity contribution is 6.06. The van der Waals surface area contributed by atoms with Crippen molar-refractivity contribution in [3.8, 4) is 34.0 Å². The molecule has 2 heterocycles. The zero-order valence-corrected chi connectivity index (χ0v) is 19.4. The van der Waals surface area contributed by atoms with Gasteiger partial charge < -0.3 is 14.3 Å². The summed E-state index contributed by atoms with van der Waals surface area (Å²) < 4.78 is 10.9. The summed E-state index contributed by atoms with van der Waals surface area (Å²) in [4.78, 5) is 30.0. The Hall–Kier alpha value is -5.30. The lowest BCUT2D eigenvalue weighted by Crippen LogP contribution is -2.12. The van der Waals surface area contributed by atoms with Gasteiger partial charge in [0.1, 0.15) is 5.58 Å². The molecular formula is C30H19N3O4. The van der Waals surface area contributed by atoms with E-state index in [0.717, 1.165) is 10.9 Å². The molecule has 0 radical (unpaired) electrons. The van der Waals surface area contributed by atoms with E-state index >= 15 is 0 Å². The second kappa shape index (κ2) is 9.39. The molecule has 178 valence electrons. The average molecular weight is 485 g/mol. The van der Waals surface area contributed by atoms with Crippen LogP contribution in [0.4, 0.5) is 5.69 Å². The first-order valence-corrected chi connectivity index (χ1v) is 11.6. The molecule has 6 aromatic rings. The molecule has 0 atom stereocenters. The summed E-state index contributed by atoms with van der Waals surface area (Å²) in [6.07, 6.45) is 0. The molecule has 7 heteroatoms. The number of hydrogen-bond acceptors (Lipinski definition) is 6. The molecule has 0 aliphatic heterocycles. The topological polar surface area (TPSA) is 98.2 Å². The minimum Gasteiger partial charge on any atom is -0.422 e. The van der Waals surface area contributed by atoms with Crippen molar-refractivity contribution < 1.29 is 13.7 Å². The number of fused-ring (bicyclic) bond motifs is 1. The Labute approximate surface area is 211 Å². The van der Waals surface area contributed by atoms with Crippen LogP contribution >= 0.6 is 0 Å². The predicted molar refractivity (Wildman–Crippen MR) is 141 cm³/mol. The van der Waals surface area contributed by atoms with Crippen LogP contribution in [0.1, 0.15) is 10.4 Å². The van der Waals surface area contributed by atoms with Gasteiger partial charge in [0.2, 0.25) is 5.82 Å². The molecule has 2 aromatic heterocycles. The largest absolute Gasteiger partial charge is 0.422 e. The van der Waals surface area contributed by atoms with E-state index < -0.39 is 5.63 Å². The van der Waals surface area contributed by atoms with Crippen molar-refractivity contribution >= 4 is 22.6 Å². The number of nitrogens with one attached hydrogen (secondary N) is 1. The number of aromatic nitrogens is 2. The number of amides is 1. The molecule has 0 spiro atoms. The number of hydrogen-bond donors (Lipinski definition) is 1. The Morgan fingerprint density at radius 1 is 0.730 bits per heavy atom. The molecular weight excluding hydrogens is 466 g/mol. The van der Waals surface area contributed by atoms with E-state index in [2.05, 4.69) is 15.5 Å². The number of rotatable bonds is 5. The Morgan fingerprint density at radius 3 is 2.30 bits per heavy atom. The third-order valence-electron chi connectivity index (χ3n) is 5.96. The average Bonchev–Trinajstić information content (AvgIpc) is 3.44. The first kappa shape index (κ1) is 22.2. The molecule has 1 amide bonds.